The maximum atomic E-state index is 13.0. The van der Waals surface area contributed by atoms with Gasteiger partial charge in [0.1, 0.15) is 13.6 Å². The van der Waals surface area contributed by atoms with Crippen LogP contribution in [0.2, 0.25) is 0 Å². The van der Waals surface area contributed by atoms with Gasteiger partial charge in [-0.3, -0.25) is 4.79 Å². The fraction of sp³-hybridized carbons (Fsp3) is 0.800. The van der Waals surface area contributed by atoms with Crippen molar-refractivity contribution in [2.24, 2.45) is 11.8 Å². The molecule has 0 aromatic heterocycles. The number of fused-ring (bicyclic) bond motifs is 1. The lowest BCUT2D eigenvalue weighted by molar-refractivity contribution is -0.235. The Morgan fingerprint density at radius 1 is 1.36 bits per heavy atom. The summed E-state index contributed by atoms with van der Waals surface area (Å²) in [6.45, 7) is 12.7. The predicted octanol–water partition coefficient (Wildman–Crippen LogP) is 3.41. The molecule has 0 saturated carbocycles. The van der Waals surface area contributed by atoms with Crippen molar-refractivity contribution in [3.8, 4) is 0 Å². The van der Waals surface area contributed by atoms with Crippen LogP contribution in [0.15, 0.2) is 12.2 Å². The van der Waals surface area contributed by atoms with Crippen molar-refractivity contribution < 1.29 is 23.4 Å². The first kappa shape index (κ1) is 22.2. The number of hydrogen-bond acceptors (Lipinski definition) is 5. The van der Waals surface area contributed by atoms with Gasteiger partial charge in [-0.25, -0.2) is 9.32 Å². The van der Waals surface area contributed by atoms with Crippen molar-refractivity contribution in [1.29, 1.82) is 0 Å². The van der Waals surface area contributed by atoms with Crippen LogP contribution in [0.5, 0.6) is 0 Å². The van der Waals surface area contributed by atoms with Gasteiger partial charge in [-0.05, 0) is 45.9 Å². The zero-order valence-corrected chi connectivity index (χ0v) is 19.6. The predicted molar refractivity (Wildman–Crippen MR) is 114 cm³/mol. The van der Waals surface area contributed by atoms with E-state index < -0.39 is 38.8 Å². The van der Waals surface area contributed by atoms with E-state index in [1.807, 2.05) is 20.3 Å². The summed E-state index contributed by atoms with van der Waals surface area (Å²) in [5.41, 5.74) is -2.01. The normalized spacial score (nSPS) is 36.0. The van der Waals surface area contributed by atoms with Gasteiger partial charge in [0, 0.05) is 14.1 Å². The van der Waals surface area contributed by atoms with Crippen LogP contribution in [-0.2, 0) is 23.4 Å². The number of allylic oxidation sites excluding steroid dienone is 1. The molecule has 2 heterocycles. The largest absolute Gasteiger partial charge is 0.453 e. The van der Waals surface area contributed by atoms with Gasteiger partial charge in [-0.15, -0.1) is 0 Å². The molecule has 158 valence electrons. The quantitative estimate of drug-likeness (QED) is 0.363. The molecule has 2 aliphatic heterocycles. The average molecular weight is 430 g/mol. The molecule has 0 aromatic carbocycles. The molecule has 1 aliphatic carbocycles. The van der Waals surface area contributed by atoms with Crippen LogP contribution in [0.3, 0.4) is 0 Å². The highest BCUT2D eigenvalue weighted by atomic mass is 31.2. The average Bonchev–Trinajstić information content (AvgIpc) is 2.77. The summed E-state index contributed by atoms with van der Waals surface area (Å²) in [4.78, 5) is 25.8. The SMILES string of the molecule is CP(C)O[C@@H]([C@@H]1C=CCCC1)[C@@]12NC(=O)[C@H](CCO[P+](C)(C)C)[C@]1(C)OC2=O. The monoisotopic (exact) mass is 430 g/mol. The maximum Gasteiger partial charge on any atom is 0.339 e. The minimum absolute atomic E-state index is 0.0987. The van der Waals surface area contributed by atoms with E-state index in [1.165, 1.54) is 0 Å². The van der Waals surface area contributed by atoms with Crippen LogP contribution in [0.4, 0.5) is 0 Å². The third-order valence-corrected chi connectivity index (χ3v) is 7.63. The molecule has 0 radical (unpaired) electrons. The van der Waals surface area contributed by atoms with Gasteiger partial charge in [0.25, 0.3) is 0 Å². The van der Waals surface area contributed by atoms with Gasteiger partial charge < -0.3 is 14.6 Å². The number of hydrogen-bond donors (Lipinski definition) is 1. The number of carbonyl (C=O) groups excluding carboxylic acids is 2. The van der Waals surface area contributed by atoms with Crippen molar-refractivity contribution in [2.45, 2.75) is 49.9 Å². The lowest BCUT2D eigenvalue weighted by atomic mass is 9.64. The van der Waals surface area contributed by atoms with Crippen molar-refractivity contribution in [3.63, 3.8) is 0 Å². The summed E-state index contributed by atoms with van der Waals surface area (Å²) in [6.07, 6.45) is 7.51. The lowest BCUT2D eigenvalue weighted by Gasteiger charge is -2.56. The van der Waals surface area contributed by atoms with Crippen molar-refractivity contribution in [3.05, 3.63) is 12.2 Å². The summed E-state index contributed by atoms with van der Waals surface area (Å²) in [7, 11) is -2.10. The van der Waals surface area contributed by atoms with Crippen LogP contribution in [0.25, 0.3) is 0 Å². The van der Waals surface area contributed by atoms with Gasteiger partial charge >= 0.3 is 5.97 Å². The second-order valence-corrected chi connectivity index (χ2v) is 15.1. The summed E-state index contributed by atoms with van der Waals surface area (Å²) in [5.74, 6) is -0.818. The van der Waals surface area contributed by atoms with E-state index in [0.717, 1.165) is 19.3 Å². The Morgan fingerprint density at radius 2 is 2.07 bits per heavy atom. The van der Waals surface area contributed by atoms with E-state index in [4.69, 9.17) is 13.8 Å². The van der Waals surface area contributed by atoms with Gasteiger partial charge in [-0.2, -0.15) is 0 Å². The Bertz CT molecular complexity index is 661. The number of nitrogens with one attached hydrogen (secondary N) is 1. The Hall–Kier alpha value is -0.540. The van der Waals surface area contributed by atoms with Gasteiger partial charge in [0.2, 0.25) is 11.4 Å². The van der Waals surface area contributed by atoms with E-state index in [-0.39, 0.29) is 17.8 Å². The topological polar surface area (TPSA) is 73.9 Å². The molecular formula is C20H34NO5P2+. The highest BCUT2D eigenvalue weighted by Gasteiger charge is 2.80. The fourth-order valence-corrected chi connectivity index (χ4v) is 6.10. The second-order valence-electron chi connectivity index (χ2n) is 9.22. The highest BCUT2D eigenvalue weighted by molar-refractivity contribution is 7.69. The minimum atomic E-state index is -1.39. The summed E-state index contributed by atoms with van der Waals surface area (Å²) in [5, 5.41) is 3.05. The third-order valence-electron chi connectivity index (χ3n) is 6.03. The Kier molecular flexibility index (Phi) is 6.29. The zero-order chi connectivity index (χ0) is 20.7. The van der Waals surface area contributed by atoms with E-state index in [9.17, 15) is 9.59 Å². The first-order valence-electron chi connectivity index (χ1n) is 10.0. The van der Waals surface area contributed by atoms with Crippen LogP contribution < -0.4 is 5.32 Å². The Labute approximate surface area is 170 Å². The molecule has 8 heteroatoms. The molecule has 3 aliphatic rings. The molecule has 0 spiro atoms. The van der Waals surface area contributed by atoms with Crippen molar-refractivity contribution in [2.75, 3.05) is 39.9 Å². The molecule has 2 saturated heterocycles. The minimum Gasteiger partial charge on any atom is -0.453 e. The number of esters is 1. The van der Waals surface area contributed by atoms with E-state index >= 15 is 0 Å². The van der Waals surface area contributed by atoms with Gasteiger partial charge in [-0.1, -0.05) is 12.2 Å². The molecular weight excluding hydrogens is 396 g/mol. The van der Waals surface area contributed by atoms with Crippen LogP contribution in [-0.4, -0.2) is 69.1 Å². The van der Waals surface area contributed by atoms with E-state index in [0.29, 0.717) is 13.0 Å². The molecule has 0 bridgehead atoms. The van der Waals surface area contributed by atoms with Crippen molar-refractivity contribution in [1.82, 2.24) is 5.32 Å². The fourth-order valence-electron chi connectivity index (χ4n) is 4.68. The van der Waals surface area contributed by atoms with Crippen molar-refractivity contribution >= 4 is 27.5 Å². The maximum absolute atomic E-state index is 13.0. The van der Waals surface area contributed by atoms with Crippen LogP contribution >= 0.6 is 15.6 Å². The number of carbonyl (C=O) groups is 2. The van der Waals surface area contributed by atoms with E-state index in [2.05, 4.69) is 37.5 Å². The summed E-state index contributed by atoms with van der Waals surface area (Å²) < 4.78 is 18.0. The molecule has 0 unspecified atom stereocenters. The smallest absolute Gasteiger partial charge is 0.339 e. The first-order chi connectivity index (χ1) is 13.0. The third kappa shape index (κ3) is 3.78. The second kappa shape index (κ2) is 7.95. The molecule has 1 N–H and O–H groups in total. The molecule has 0 aromatic rings. The first-order valence-corrected chi connectivity index (χ1v) is 15.2. The lowest BCUT2D eigenvalue weighted by Crippen LogP contribution is -2.80. The van der Waals surface area contributed by atoms with Gasteiger partial charge in [0.05, 0.1) is 32.5 Å². The molecule has 6 nitrogen and oxygen atoms in total. The van der Waals surface area contributed by atoms with Crippen LogP contribution in [0, 0.1) is 11.8 Å². The molecule has 2 fully saturated rings. The molecule has 5 atom stereocenters. The molecule has 3 rings (SSSR count). The standard InChI is InChI=1S/C20H33NO5P2/c1-19-15(12-13-24-28(4,5)6)17(22)21-20(19,18(23)25-19)16(26-27(2)3)14-10-8-7-9-11-14/h8,10,14-16H,7,9,11-13H2,1-6H3/p+1/t14-,15+,16+,19+,20+/m1/s1. The molecule has 1 amide bonds. The number of ether oxygens (including phenoxy) is 1. The van der Waals surface area contributed by atoms with E-state index in [1.54, 1.807) is 0 Å². The van der Waals surface area contributed by atoms with Gasteiger partial charge in [0.15, 0.2) is 5.60 Å². The highest BCUT2D eigenvalue weighted by Crippen LogP contribution is 2.56. The Morgan fingerprint density at radius 3 is 2.61 bits per heavy atom. The zero-order valence-electron chi connectivity index (χ0n) is 17.9. The number of amides is 1. The summed E-state index contributed by atoms with van der Waals surface area (Å²) in [6, 6.07) is 0. The molecule has 28 heavy (non-hydrogen) atoms. The Balaban J connectivity index is 1.88. The van der Waals surface area contributed by atoms with Crippen LogP contribution in [0.1, 0.15) is 32.6 Å². The summed E-state index contributed by atoms with van der Waals surface area (Å²) >= 11 is 0. The number of rotatable bonds is 8.